The number of anilines is 1. The van der Waals surface area contributed by atoms with Gasteiger partial charge in [-0.25, -0.2) is 0 Å². The Balaban J connectivity index is 2.46. The molecule has 0 spiro atoms. The Labute approximate surface area is 161 Å². The van der Waals surface area contributed by atoms with Crippen molar-refractivity contribution in [3.8, 4) is 12.3 Å². The molecule has 0 unspecified atom stereocenters. The summed E-state index contributed by atoms with van der Waals surface area (Å²) in [5.41, 5.74) is -4.67. The fraction of sp³-hybridized carbons (Fsp3) is 0.412. The lowest BCUT2D eigenvalue weighted by Gasteiger charge is -2.34. The molecule has 0 aliphatic carbocycles. The Kier molecular flexibility index (Phi) is 5.79. The second-order valence-corrected chi connectivity index (χ2v) is 6.27. The van der Waals surface area contributed by atoms with E-state index in [0.717, 1.165) is 17.1 Å². The summed E-state index contributed by atoms with van der Waals surface area (Å²) in [6.07, 6.45) is -8.74. The topological polar surface area (TPSA) is 87.6 Å². The minimum Gasteiger partial charge on any atom is -0.341 e. The Bertz CT molecular complexity index is 934. The van der Waals surface area contributed by atoms with Crippen LogP contribution < -0.4 is 5.32 Å². The molecule has 12 heteroatoms. The zero-order valence-electron chi connectivity index (χ0n) is 15.2. The highest BCUT2D eigenvalue weighted by atomic mass is 19.4. The summed E-state index contributed by atoms with van der Waals surface area (Å²) in [6, 6.07) is 4.12. The van der Waals surface area contributed by atoms with Crippen LogP contribution in [0.4, 0.5) is 32.0 Å². The molecule has 1 aromatic carbocycles. The number of benzene rings is 1. The van der Waals surface area contributed by atoms with Crippen molar-refractivity contribution in [3.05, 3.63) is 29.3 Å². The number of likely N-dealkylation sites (N-methyl/N-ethyl adjacent to an activating group) is 1. The molecule has 1 aliphatic heterocycles. The van der Waals surface area contributed by atoms with Gasteiger partial charge in [-0.1, -0.05) is 0 Å². The highest BCUT2D eigenvalue weighted by molar-refractivity contribution is 6.08. The second kappa shape index (κ2) is 7.62. The van der Waals surface area contributed by atoms with Crippen molar-refractivity contribution in [2.45, 2.75) is 38.2 Å². The number of alkyl halides is 6. The molecule has 1 aliphatic rings. The maximum absolute atomic E-state index is 13.2. The van der Waals surface area contributed by atoms with E-state index >= 15 is 0 Å². The molecule has 154 valence electrons. The van der Waals surface area contributed by atoms with E-state index in [1.807, 2.05) is 0 Å². The van der Waals surface area contributed by atoms with E-state index in [1.165, 1.54) is 26.1 Å². The summed E-state index contributed by atoms with van der Waals surface area (Å²) in [7, 11) is 0. The molecule has 6 nitrogen and oxygen atoms in total. The summed E-state index contributed by atoms with van der Waals surface area (Å²) in [5.74, 6) is -0.303. The zero-order valence-corrected chi connectivity index (χ0v) is 15.2. The molecule has 0 saturated carbocycles. The van der Waals surface area contributed by atoms with Crippen molar-refractivity contribution in [1.29, 1.82) is 10.5 Å². The molecular formula is C17H14F6N6. The van der Waals surface area contributed by atoms with Gasteiger partial charge in [0.05, 0.1) is 17.2 Å². The summed E-state index contributed by atoms with van der Waals surface area (Å²) >= 11 is 0. The first kappa shape index (κ1) is 22.0. The van der Waals surface area contributed by atoms with E-state index in [9.17, 15) is 26.3 Å². The monoisotopic (exact) mass is 416 g/mol. The van der Waals surface area contributed by atoms with Gasteiger partial charge in [-0.05, 0) is 32.0 Å². The smallest absolute Gasteiger partial charge is 0.341 e. The molecule has 1 aromatic rings. The number of amidine groups is 1. The number of hydrazone groups is 1. The summed E-state index contributed by atoms with van der Waals surface area (Å²) in [5, 5.41) is 24.9. The lowest BCUT2D eigenvalue weighted by molar-refractivity contribution is -0.137. The van der Waals surface area contributed by atoms with E-state index in [2.05, 4.69) is 15.4 Å². The van der Waals surface area contributed by atoms with Gasteiger partial charge in [-0.2, -0.15) is 47.0 Å². The molecule has 0 amide bonds. The maximum atomic E-state index is 13.2. The molecular weight excluding hydrogens is 402 g/mol. The number of hydrogen-bond donors (Lipinski definition) is 1. The van der Waals surface area contributed by atoms with Gasteiger partial charge in [-0.15, -0.1) is 0 Å². The first-order chi connectivity index (χ1) is 13.4. The van der Waals surface area contributed by atoms with E-state index in [-0.39, 0.29) is 18.1 Å². The predicted molar refractivity (Wildman–Crippen MR) is 91.7 cm³/mol. The number of nitriles is 2. The number of aliphatic imine (C=N–C) groups is 1. The van der Waals surface area contributed by atoms with Gasteiger partial charge in [0, 0.05) is 18.7 Å². The molecule has 0 aromatic heterocycles. The maximum Gasteiger partial charge on any atom is 0.431 e. The van der Waals surface area contributed by atoms with Crippen LogP contribution in [0.1, 0.15) is 31.4 Å². The minimum atomic E-state index is -4.82. The standard InChI is InChI=1S/C17H14F6N6/c1-3-29-15(2,7-13(28-29)17(21,22)23)14(26-9-25)27-11-5-4-10(8-24)12(6-11)16(18,19)20/h4-6H,3,7H2,1-2H3,(H,26,27)/t15-/m0/s1. The molecule has 0 radical (unpaired) electrons. The molecule has 0 saturated heterocycles. The number of nitrogens with zero attached hydrogens (tertiary/aromatic N) is 5. The average molecular weight is 416 g/mol. The quantitative estimate of drug-likeness (QED) is 0.345. The summed E-state index contributed by atoms with van der Waals surface area (Å²) in [4.78, 5) is 3.50. The summed E-state index contributed by atoms with van der Waals surface area (Å²) < 4.78 is 78.8. The van der Waals surface area contributed by atoms with Crippen LogP contribution in [0.5, 0.6) is 0 Å². The van der Waals surface area contributed by atoms with Crippen LogP contribution in [0.15, 0.2) is 28.3 Å². The molecule has 2 rings (SSSR count). The number of nitrogens with one attached hydrogen (secondary N) is 1. The SMILES string of the molecule is CCN1N=C(C(F)(F)F)C[C@@]1(C)/C(=N\C#N)Nc1ccc(C#N)c(C(F)(F)F)c1. The number of halogens is 6. The highest BCUT2D eigenvalue weighted by Crippen LogP contribution is 2.37. The van der Waals surface area contributed by atoms with Crippen molar-refractivity contribution >= 4 is 17.2 Å². The minimum absolute atomic E-state index is 0.0311. The van der Waals surface area contributed by atoms with Crippen LogP contribution in [-0.2, 0) is 6.18 Å². The molecule has 1 heterocycles. The van der Waals surface area contributed by atoms with Crippen LogP contribution in [0.2, 0.25) is 0 Å². The van der Waals surface area contributed by atoms with Crippen LogP contribution in [0.25, 0.3) is 0 Å². The van der Waals surface area contributed by atoms with E-state index in [1.54, 1.807) is 0 Å². The Hall–Kier alpha value is -3.28. The van der Waals surface area contributed by atoms with Gasteiger partial charge in [0.15, 0.2) is 0 Å². The lowest BCUT2D eigenvalue weighted by atomic mass is 9.93. The van der Waals surface area contributed by atoms with Crippen LogP contribution in [0, 0.1) is 22.8 Å². The van der Waals surface area contributed by atoms with Gasteiger partial charge in [-0.3, -0.25) is 5.01 Å². The first-order valence-electron chi connectivity index (χ1n) is 8.14. The summed E-state index contributed by atoms with van der Waals surface area (Å²) in [6.45, 7) is 2.91. The van der Waals surface area contributed by atoms with Gasteiger partial charge >= 0.3 is 12.4 Å². The second-order valence-electron chi connectivity index (χ2n) is 6.27. The van der Waals surface area contributed by atoms with Gasteiger partial charge in [0.1, 0.15) is 17.1 Å². The highest BCUT2D eigenvalue weighted by Gasteiger charge is 2.50. The fourth-order valence-electron chi connectivity index (χ4n) is 2.92. The lowest BCUT2D eigenvalue weighted by Crippen LogP contribution is -2.50. The largest absolute Gasteiger partial charge is 0.431 e. The van der Waals surface area contributed by atoms with Gasteiger partial charge in [0.2, 0.25) is 6.19 Å². The fourth-order valence-corrected chi connectivity index (χ4v) is 2.92. The van der Waals surface area contributed by atoms with Crippen molar-refractivity contribution < 1.29 is 26.3 Å². The van der Waals surface area contributed by atoms with Gasteiger partial charge < -0.3 is 5.32 Å². The molecule has 0 fully saturated rings. The molecule has 29 heavy (non-hydrogen) atoms. The number of hydrogen-bond acceptors (Lipinski definition) is 5. The molecule has 1 N–H and O–H groups in total. The van der Waals surface area contributed by atoms with E-state index < -0.39 is 41.2 Å². The van der Waals surface area contributed by atoms with E-state index in [0.29, 0.717) is 6.07 Å². The van der Waals surface area contributed by atoms with Crippen LogP contribution >= 0.6 is 0 Å². The third-order valence-corrected chi connectivity index (χ3v) is 4.33. The first-order valence-corrected chi connectivity index (χ1v) is 8.14. The normalized spacial score (nSPS) is 20.1. The van der Waals surface area contributed by atoms with Crippen molar-refractivity contribution in [2.75, 3.05) is 11.9 Å². The van der Waals surface area contributed by atoms with Gasteiger partial charge in [0.25, 0.3) is 0 Å². The molecule has 0 bridgehead atoms. The zero-order chi connectivity index (χ0) is 22.0. The van der Waals surface area contributed by atoms with Crippen molar-refractivity contribution in [1.82, 2.24) is 5.01 Å². The number of rotatable bonds is 3. The Morgan fingerprint density at radius 1 is 1.24 bits per heavy atom. The third-order valence-electron chi connectivity index (χ3n) is 4.33. The molecule has 1 atom stereocenters. The Morgan fingerprint density at radius 2 is 1.90 bits per heavy atom. The average Bonchev–Trinajstić information content (AvgIpc) is 2.99. The van der Waals surface area contributed by atoms with E-state index in [4.69, 9.17) is 10.5 Å². The third kappa shape index (κ3) is 4.42. The van der Waals surface area contributed by atoms with Crippen molar-refractivity contribution in [2.24, 2.45) is 10.1 Å². The van der Waals surface area contributed by atoms with Crippen LogP contribution in [0.3, 0.4) is 0 Å². The predicted octanol–water partition coefficient (Wildman–Crippen LogP) is 4.27. The Morgan fingerprint density at radius 3 is 2.38 bits per heavy atom. The van der Waals surface area contributed by atoms with Crippen molar-refractivity contribution in [3.63, 3.8) is 0 Å². The van der Waals surface area contributed by atoms with Crippen LogP contribution in [-0.4, -0.2) is 34.8 Å².